The zero-order chi connectivity index (χ0) is 10.6. The van der Waals surface area contributed by atoms with Crippen molar-refractivity contribution in [1.29, 1.82) is 5.26 Å². The molecule has 0 bridgehead atoms. The molecule has 14 heavy (non-hydrogen) atoms. The van der Waals surface area contributed by atoms with Gasteiger partial charge in [-0.15, -0.1) is 0 Å². The van der Waals surface area contributed by atoms with E-state index in [0.717, 1.165) is 0 Å². The third kappa shape index (κ3) is 2.46. The van der Waals surface area contributed by atoms with Crippen molar-refractivity contribution in [3.8, 4) is 6.07 Å². The highest BCUT2D eigenvalue weighted by Gasteiger charge is 2.03. The first-order chi connectivity index (χ1) is 6.67. The first-order valence-electron chi connectivity index (χ1n) is 3.87. The Morgan fingerprint density at radius 2 is 2.36 bits per heavy atom. The molecule has 1 amide bonds. The third-order valence-corrected chi connectivity index (χ3v) is 1.89. The van der Waals surface area contributed by atoms with Crippen LogP contribution in [0.25, 0.3) is 0 Å². The van der Waals surface area contributed by atoms with Gasteiger partial charge in [0, 0.05) is 5.69 Å². The van der Waals surface area contributed by atoms with Crippen molar-refractivity contribution in [2.24, 2.45) is 5.73 Å². The molecule has 0 fully saturated rings. The Labute approximate surface area is 86.3 Å². The van der Waals surface area contributed by atoms with Crippen molar-refractivity contribution in [1.82, 2.24) is 0 Å². The van der Waals surface area contributed by atoms with Gasteiger partial charge in [-0.3, -0.25) is 4.79 Å². The number of nitrogens with zero attached hydrogens (tertiary/aromatic N) is 1. The largest absolute Gasteiger partial charge is 0.325 e. The van der Waals surface area contributed by atoms with Crippen molar-refractivity contribution < 1.29 is 4.79 Å². The van der Waals surface area contributed by atoms with Gasteiger partial charge in [0.05, 0.1) is 17.1 Å². The quantitative estimate of drug-likeness (QED) is 0.766. The predicted octanol–water partition coefficient (Wildman–Crippen LogP) is 1.11. The Morgan fingerprint density at radius 3 is 2.93 bits per heavy atom. The van der Waals surface area contributed by atoms with E-state index in [0.29, 0.717) is 16.3 Å². The summed E-state index contributed by atoms with van der Waals surface area (Å²) in [5, 5.41) is 11.5. The van der Waals surface area contributed by atoms with Gasteiger partial charge in [0.1, 0.15) is 6.07 Å². The number of nitrogens with two attached hydrogens (primary N) is 1. The first kappa shape index (κ1) is 10.5. The van der Waals surface area contributed by atoms with E-state index in [1.165, 1.54) is 6.07 Å². The lowest BCUT2D eigenvalue weighted by molar-refractivity contribution is -0.114. The average Bonchev–Trinajstić information content (AvgIpc) is 2.20. The standard InChI is InChI=1S/C9H8ClN3O/c10-8-2-1-7(3-6(8)4-11)13-9(14)5-12/h1-3H,5,12H2,(H,13,14). The van der Waals surface area contributed by atoms with Crippen LogP contribution in [0.1, 0.15) is 5.56 Å². The van der Waals surface area contributed by atoms with Crippen LogP contribution in [0.3, 0.4) is 0 Å². The molecule has 4 nitrogen and oxygen atoms in total. The zero-order valence-corrected chi connectivity index (χ0v) is 8.01. The van der Waals surface area contributed by atoms with Gasteiger partial charge in [-0.1, -0.05) is 11.6 Å². The summed E-state index contributed by atoms with van der Waals surface area (Å²) in [7, 11) is 0. The molecule has 0 spiro atoms. The van der Waals surface area contributed by atoms with Gasteiger partial charge in [0.2, 0.25) is 5.91 Å². The summed E-state index contributed by atoms with van der Waals surface area (Å²) in [6.07, 6.45) is 0. The molecule has 0 atom stereocenters. The molecule has 0 aliphatic rings. The highest BCUT2D eigenvalue weighted by Crippen LogP contribution is 2.19. The number of nitrogens with one attached hydrogen (secondary N) is 1. The summed E-state index contributed by atoms with van der Waals surface area (Å²) in [6, 6.07) is 6.56. The Kier molecular flexibility index (Phi) is 3.46. The monoisotopic (exact) mass is 209 g/mol. The van der Waals surface area contributed by atoms with Crippen LogP contribution in [0.15, 0.2) is 18.2 Å². The van der Waals surface area contributed by atoms with E-state index in [2.05, 4.69) is 5.32 Å². The summed E-state index contributed by atoms with van der Waals surface area (Å²) in [5.74, 6) is -0.309. The highest BCUT2D eigenvalue weighted by molar-refractivity contribution is 6.31. The van der Waals surface area contributed by atoms with Crippen molar-refractivity contribution in [2.45, 2.75) is 0 Å². The fraction of sp³-hybridized carbons (Fsp3) is 0.111. The fourth-order valence-corrected chi connectivity index (χ4v) is 1.06. The second-order valence-corrected chi connectivity index (χ2v) is 2.97. The molecule has 3 N–H and O–H groups in total. The number of halogens is 1. The molecular weight excluding hydrogens is 202 g/mol. The summed E-state index contributed by atoms with van der Waals surface area (Å²) < 4.78 is 0. The molecule has 1 rings (SSSR count). The van der Waals surface area contributed by atoms with E-state index in [4.69, 9.17) is 22.6 Å². The van der Waals surface area contributed by atoms with E-state index in [1.807, 2.05) is 6.07 Å². The Bertz CT molecular complexity index is 398. The van der Waals surface area contributed by atoms with Crippen LogP contribution in [0.2, 0.25) is 5.02 Å². The van der Waals surface area contributed by atoms with Crippen LogP contribution < -0.4 is 11.1 Å². The number of carbonyl (C=O) groups is 1. The van der Waals surface area contributed by atoms with Crippen LogP contribution in [-0.4, -0.2) is 12.5 Å². The van der Waals surface area contributed by atoms with Gasteiger partial charge in [-0.05, 0) is 18.2 Å². The van der Waals surface area contributed by atoms with Crippen LogP contribution in [0.4, 0.5) is 5.69 Å². The first-order valence-corrected chi connectivity index (χ1v) is 4.24. The molecule has 0 heterocycles. The van der Waals surface area contributed by atoms with Crippen LogP contribution >= 0.6 is 11.6 Å². The van der Waals surface area contributed by atoms with E-state index >= 15 is 0 Å². The molecule has 0 saturated heterocycles. The minimum atomic E-state index is -0.309. The number of rotatable bonds is 2. The number of anilines is 1. The minimum Gasteiger partial charge on any atom is -0.325 e. The highest BCUT2D eigenvalue weighted by atomic mass is 35.5. The van der Waals surface area contributed by atoms with Gasteiger partial charge < -0.3 is 11.1 Å². The summed E-state index contributed by atoms with van der Waals surface area (Å²) >= 11 is 5.71. The topological polar surface area (TPSA) is 78.9 Å². The lowest BCUT2D eigenvalue weighted by Crippen LogP contribution is -2.21. The number of benzene rings is 1. The van der Waals surface area contributed by atoms with Crippen LogP contribution in [0, 0.1) is 11.3 Å². The smallest absolute Gasteiger partial charge is 0.238 e. The molecule has 0 saturated carbocycles. The molecule has 1 aromatic rings. The lowest BCUT2D eigenvalue weighted by Gasteiger charge is -2.03. The van der Waals surface area contributed by atoms with Crippen LogP contribution in [0.5, 0.6) is 0 Å². The Morgan fingerprint density at radius 1 is 1.64 bits per heavy atom. The molecule has 0 aliphatic heterocycles. The summed E-state index contributed by atoms with van der Waals surface area (Å²) in [6.45, 7) is -0.0927. The Hall–Kier alpha value is -1.57. The van der Waals surface area contributed by atoms with Crippen molar-refractivity contribution in [2.75, 3.05) is 11.9 Å². The van der Waals surface area contributed by atoms with Crippen molar-refractivity contribution in [3.63, 3.8) is 0 Å². The molecule has 0 aromatic heterocycles. The SMILES string of the molecule is N#Cc1cc(NC(=O)CN)ccc1Cl. The van der Waals surface area contributed by atoms with E-state index in [-0.39, 0.29) is 12.5 Å². The number of amides is 1. The van der Waals surface area contributed by atoms with Gasteiger partial charge in [0.15, 0.2) is 0 Å². The second kappa shape index (κ2) is 4.61. The average molecular weight is 210 g/mol. The Balaban J connectivity index is 2.91. The maximum absolute atomic E-state index is 10.9. The van der Waals surface area contributed by atoms with Gasteiger partial charge in [-0.2, -0.15) is 5.26 Å². The maximum Gasteiger partial charge on any atom is 0.238 e. The molecular formula is C9H8ClN3O. The molecule has 1 aromatic carbocycles. The van der Waals surface area contributed by atoms with Crippen molar-refractivity contribution in [3.05, 3.63) is 28.8 Å². The molecule has 5 heteroatoms. The number of hydrogen-bond donors (Lipinski definition) is 2. The summed E-state index contributed by atoms with van der Waals surface area (Å²) in [4.78, 5) is 10.9. The molecule has 0 unspecified atom stereocenters. The van der Waals surface area contributed by atoms with E-state index in [1.54, 1.807) is 12.1 Å². The van der Waals surface area contributed by atoms with Crippen molar-refractivity contribution >= 4 is 23.2 Å². The lowest BCUT2D eigenvalue weighted by atomic mass is 10.2. The molecule has 0 radical (unpaired) electrons. The van der Waals surface area contributed by atoms with Gasteiger partial charge >= 0.3 is 0 Å². The zero-order valence-electron chi connectivity index (χ0n) is 7.25. The number of hydrogen-bond acceptors (Lipinski definition) is 3. The van der Waals surface area contributed by atoms with E-state index in [9.17, 15) is 4.79 Å². The third-order valence-electron chi connectivity index (χ3n) is 1.56. The number of nitriles is 1. The normalized spacial score (nSPS) is 9.21. The molecule has 0 aliphatic carbocycles. The predicted molar refractivity (Wildman–Crippen MR) is 53.9 cm³/mol. The summed E-state index contributed by atoms with van der Waals surface area (Å²) in [5.41, 5.74) is 5.95. The maximum atomic E-state index is 10.9. The van der Waals surface area contributed by atoms with Gasteiger partial charge in [-0.25, -0.2) is 0 Å². The minimum absolute atomic E-state index is 0.0927. The second-order valence-electron chi connectivity index (χ2n) is 2.56. The van der Waals surface area contributed by atoms with Gasteiger partial charge in [0.25, 0.3) is 0 Å². The molecule has 72 valence electrons. The fourth-order valence-electron chi connectivity index (χ4n) is 0.901. The van der Waals surface area contributed by atoms with Crippen LogP contribution in [-0.2, 0) is 4.79 Å². The number of carbonyl (C=O) groups excluding carboxylic acids is 1. The van der Waals surface area contributed by atoms with E-state index < -0.39 is 0 Å².